The number of carbonyl (C=O) groups excluding carboxylic acids is 1. The maximum atomic E-state index is 11.5. The van der Waals surface area contributed by atoms with Crippen LogP contribution in [0.2, 0.25) is 0 Å². The lowest BCUT2D eigenvalue weighted by atomic mass is 9.98. The molecule has 1 heterocycles. The third-order valence-corrected chi connectivity index (χ3v) is 3.90. The quantitative estimate of drug-likeness (QED) is 0.755. The van der Waals surface area contributed by atoms with Crippen molar-refractivity contribution in [3.05, 3.63) is 35.9 Å². The first-order valence-electron chi connectivity index (χ1n) is 6.09. The van der Waals surface area contributed by atoms with Gasteiger partial charge in [-0.3, -0.25) is 9.69 Å². The third kappa shape index (κ3) is 1.78. The number of piperidine rings is 1. The molecule has 2 heteroatoms. The normalized spacial score (nSPS) is 23.6. The van der Waals surface area contributed by atoms with Gasteiger partial charge in [-0.1, -0.05) is 30.3 Å². The number of benzene rings is 1. The molecular formula is C14H17NO. The van der Waals surface area contributed by atoms with Gasteiger partial charge in [0.1, 0.15) is 5.78 Å². The molecule has 1 saturated carbocycles. The van der Waals surface area contributed by atoms with E-state index in [0.717, 1.165) is 25.9 Å². The molecule has 2 aliphatic rings. The Bertz CT molecular complexity index is 394. The van der Waals surface area contributed by atoms with Gasteiger partial charge >= 0.3 is 0 Å². The van der Waals surface area contributed by atoms with Crippen molar-refractivity contribution in [1.29, 1.82) is 0 Å². The zero-order valence-electron chi connectivity index (χ0n) is 9.48. The summed E-state index contributed by atoms with van der Waals surface area (Å²) in [5, 5.41) is 0. The highest BCUT2D eigenvalue weighted by Gasteiger charge is 2.50. The molecule has 16 heavy (non-hydrogen) atoms. The van der Waals surface area contributed by atoms with Crippen LogP contribution in [0.1, 0.15) is 31.2 Å². The fraction of sp³-hybridized carbons (Fsp3) is 0.500. The molecule has 3 rings (SSSR count). The number of ketones is 1. The molecular weight excluding hydrogens is 198 g/mol. The van der Waals surface area contributed by atoms with Gasteiger partial charge in [-0.25, -0.2) is 0 Å². The first-order chi connectivity index (χ1) is 7.78. The second-order valence-corrected chi connectivity index (χ2v) is 5.10. The molecule has 1 aromatic rings. The summed E-state index contributed by atoms with van der Waals surface area (Å²) < 4.78 is 0. The van der Waals surface area contributed by atoms with Crippen LogP contribution in [0, 0.1) is 0 Å². The topological polar surface area (TPSA) is 20.3 Å². The molecule has 2 fully saturated rings. The summed E-state index contributed by atoms with van der Waals surface area (Å²) in [6, 6.07) is 10.6. The Morgan fingerprint density at radius 2 is 1.94 bits per heavy atom. The lowest BCUT2D eigenvalue weighted by Crippen LogP contribution is -2.44. The van der Waals surface area contributed by atoms with Crippen LogP contribution in [0.25, 0.3) is 0 Å². The summed E-state index contributed by atoms with van der Waals surface area (Å²) in [6.07, 6.45) is 3.96. The van der Waals surface area contributed by atoms with Gasteiger partial charge in [-0.2, -0.15) is 0 Å². The molecule has 0 N–H and O–H groups in total. The summed E-state index contributed by atoms with van der Waals surface area (Å²) in [5.74, 6) is 0.460. The Labute approximate surface area is 96.3 Å². The van der Waals surface area contributed by atoms with Gasteiger partial charge in [0.05, 0.1) is 0 Å². The minimum absolute atomic E-state index is 0.255. The molecule has 0 radical (unpaired) electrons. The summed E-state index contributed by atoms with van der Waals surface area (Å²) in [7, 11) is 0. The highest BCUT2D eigenvalue weighted by molar-refractivity contribution is 5.81. The molecule has 2 nitrogen and oxygen atoms in total. The van der Waals surface area contributed by atoms with E-state index in [0.29, 0.717) is 5.78 Å². The second-order valence-electron chi connectivity index (χ2n) is 5.10. The Morgan fingerprint density at radius 1 is 1.19 bits per heavy atom. The number of hydrogen-bond donors (Lipinski definition) is 0. The van der Waals surface area contributed by atoms with Gasteiger partial charge in [0.2, 0.25) is 0 Å². The molecule has 0 unspecified atom stereocenters. The number of carbonyl (C=O) groups is 1. The average molecular weight is 215 g/mol. The molecule has 1 saturated heterocycles. The first kappa shape index (κ1) is 10.0. The van der Waals surface area contributed by atoms with E-state index in [1.165, 1.54) is 18.4 Å². The largest absolute Gasteiger partial charge is 0.300 e. The standard InChI is InChI=1S/C14H17NO/c16-13-6-9-15(14(10-13)7-8-14)11-12-4-2-1-3-5-12/h1-5H,6-11H2. The monoisotopic (exact) mass is 215 g/mol. The summed E-state index contributed by atoms with van der Waals surface area (Å²) in [6.45, 7) is 1.96. The van der Waals surface area contributed by atoms with Crippen molar-refractivity contribution in [3.8, 4) is 0 Å². The van der Waals surface area contributed by atoms with E-state index < -0.39 is 0 Å². The minimum atomic E-state index is 0.255. The van der Waals surface area contributed by atoms with E-state index in [1.807, 2.05) is 0 Å². The van der Waals surface area contributed by atoms with Crippen molar-refractivity contribution >= 4 is 5.78 Å². The average Bonchev–Trinajstić information content (AvgIpc) is 3.05. The molecule has 1 aliphatic carbocycles. The summed E-state index contributed by atoms with van der Waals surface area (Å²) in [4.78, 5) is 14.0. The van der Waals surface area contributed by atoms with Gasteiger partial charge in [-0.05, 0) is 18.4 Å². The van der Waals surface area contributed by atoms with Crippen LogP contribution < -0.4 is 0 Å². The maximum Gasteiger partial charge on any atom is 0.136 e. The maximum absolute atomic E-state index is 11.5. The molecule has 0 aromatic heterocycles. The van der Waals surface area contributed by atoms with Crippen LogP contribution >= 0.6 is 0 Å². The molecule has 84 valence electrons. The van der Waals surface area contributed by atoms with Gasteiger partial charge in [0, 0.05) is 31.5 Å². The lowest BCUT2D eigenvalue weighted by Gasteiger charge is -2.35. The number of Topliss-reactive ketones (excluding diaryl/α,β-unsaturated/α-hetero) is 1. The van der Waals surface area contributed by atoms with Crippen molar-refractivity contribution in [2.45, 2.75) is 37.8 Å². The van der Waals surface area contributed by atoms with Crippen molar-refractivity contribution < 1.29 is 4.79 Å². The Hall–Kier alpha value is -1.15. The van der Waals surface area contributed by atoms with Crippen LogP contribution in [0.15, 0.2) is 30.3 Å². The van der Waals surface area contributed by atoms with Crippen molar-refractivity contribution in [3.63, 3.8) is 0 Å². The van der Waals surface area contributed by atoms with Crippen LogP contribution in [0.4, 0.5) is 0 Å². The van der Waals surface area contributed by atoms with Gasteiger partial charge in [-0.15, -0.1) is 0 Å². The highest BCUT2D eigenvalue weighted by atomic mass is 16.1. The predicted octanol–water partition coefficient (Wildman–Crippen LogP) is 2.38. The van der Waals surface area contributed by atoms with Crippen LogP contribution in [0.5, 0.6) is 0 Å². The van der Waals surface area contributed by atoms with Gasteiger partial charge < -0.3 is 0 Å². The molecule has 0 atom stereocenters. The van der Waals surface area contributed by atoms with Crippen molar-refractivity contribution in [2.75, 3.05) is 6.54 Å². The fourth-order valence-electron chi connectivity index (χ4n) is 2.75. The highest BCUT2D eigenvalue weighted by Crippen LogP contribution is 2.47. The summed E-state index contributed by atoms with van der Waals surface area (Å²) in [5.41, 5.74) is 1.62. The fourth-order valence-corrected chi connectivity index (χ4v) is 2.75. The number of rotatable bonds is 2. The van der Waals surface area contributed by atoms with Crippen LogP contribution in [0.3, 0.4) is 0 Å². The van der Waals surface area contributed by atoms with Crippen LogP contribution in [-0.4, -0.2) is 22.8 Å². The molecule has 0 bridgehead atoms. The van der Waals surface area contributed by atoms with Gasteiger partial charge in [0.25, 0.3) is 0 Å². The van der Waals surface area contributed by atoms with Crippen LogP contribution in [-0.2, 0) is 11.3 Å². The predicted molar refractivity (Wildman–Crippen MR) is 63.1 cm³/mol. The SMILES string of the molecule is O=C1CCN(Cc2ccccc2)C2(CC2)C1. The first-order valence-corrected chi connectivity index (χ1v) is 6.09. The van der Waals surface area contributed by atoms with E-state index in [1.54, 1.807) is 0 Å². The van der Waals surface area contributed by atoms with E-state index in [4.69, 9.17) is 0 Å². The smallest absolute Gasteiger partial charge is 0.136 e. The third-order valence-electron chi connectivity index (χ3n) is 3.90. The van der Waals surface area contributed by atoms with Gasteiger partial charge in [0.15, 0.2) is 0 Å². The minimum Gasteiger partial charge on any atom is -0.300 e. The van der Waals surface area contributed by atoms with E-state index in [9.17, 15) is 4.79 Å². The molecule has 1 aliphatic heterocycles. The summed E-state index contributed by atoms with van der Waals surface area (Å²) >= 11 is 0. The number of hydrogen-bond acceptors (Lipinski definition) is 2. The molecule has 1 aromatic carbocycles. The Balaban J connectivity index is 1.73. The zero-order valence-corrected chi connectivity index (χ0v) is 9.48. The Morgan fingerprint density at radius 3 is 2.62 bits per heavy atom. The Kier molecular flexibility index (Phi) is 2.32. The molecule has 0 amide bonds. The number of nitrogens with zero attached hydrogens (tertiary/aromatic N) is 1. The van der Waals surface area contributed by atoms with E-state index >= 15 is 0 Å². The zero-order chi connectivity index (χ0) is 11.0. The molecule has 1 spiro atoms. The number of likely N-dealkylation sites (tertiary alicyclic amines) is 1. The van der Waals surface area contributed by atoms with Crippen molar-refractivity contribution in [2.24, 2.45) is 0 Å². The van der Waals surface area contributed by atoms with E-state index in [-0.39, 0.29) is 5.54 Å². The van der Waals surface area contributed by atoms with E-state index in [2.05, 4.69) is 35.2 Å². The van der Waals surface area contributed by atoms with Crippen molar-refractivity contribution in [1.82, 2.24) is 4.90 Å². The second kappa shape index (κ2) is 3.70. The lowest BCUT2D eigenvalue weighted by molar-refractivity contribution is -0.124.